The molecule has 1 saturated heterocycles. The van der Waals surface area contributed by atoms with Gasteiger partial charge >= 0.3 is 0 Å². The van der Waals surface area contributed by atoms with Gasteiger partial charge in [0.2, 0.25) is 0 Å². The highest BCUT2D eigenvalue weighted by Gasteiger charge is 2.21. The molecule has 2 rings (SSSR count). The highest BCUT2D eigenvalue weighted by molar-refractivity contribution is 5.38. The maximum atomic E-state index is 13.6. The maximum Gasteiger partial charge on any atom is 0.124 e. The summed E-state index contributed by atoms with van der Waals surface area (Å²) in [6.45, 7) is 3.24. The Bertz CT molecular complexity index is 507. The molecule has 20 heavy (non-hydrogen) atoms. The topological polar surface area (TPSA) is 49.5 Å². The zero-order valence-electron chi connectivity index (χ0n) is 11.6. The Morgan fingerprint density at radius 3 is 3.00 bits per heavy atom. The van der Waals surface area contributed by atoms with Crippen molar-refractivity contribution >= 4 is 0 Å². The number of aliphatic hydroxyl groups is 1. The Balaban J connectivity index is 2.01. The number of nitrogens with two attached hydrogens (primary N) is 1. The second kappa shape index (κ2) is 7.39. The van der Waals surface area contributed by atoms with Crippen molar-refractivity contribution in [3.05, 3.63) is 35.1 Å². The molecule has 0 spiro atoms. The van der Waals surface area contributed by atoms with Crippen LogP contribution in [0.2, 0.25) is 0 Å². The molecule has 3 N–H and O–H groups in total. The van der Waals surface area contributed by atoms with Gasteiger partial charge in [0.25, 0.3) is 0 Å². The fourth-order valence-electron chi connectivity index (χ4n) is 2.70. The average Bonchev–Trinajstić information content (AvgIpc) is 2.83. The molecule has 0 saturated carbocycles. The van der Waals surface area contributed by atoms with Crippen LogP contribution >= 0.6 is 0 Å². The van der Waals surface area contributed by atoms with Gasteiger partial charge in [0.15, 0.2) is 0 Å². The fourth-order valence-corrected chi connectivity index (χ4v) is 2.70. The number of hydrogen-bond donors (Lipinski definition) is 2. The van der Waals surface area contributed by atoms with Gasteiger partial charge < -0.3 is 10.8 Å². The molecule has 4 heteroatoms. The molecule has 1 aliphatic rings. The zero-order chi connectivity index (χ0) is 14.4. The lowest BCUT2D eigenvalue weighted by molar-refractivity contribution is 0.249. The summed E-state index contributed by atoms with van der Waals surface area (Å²) in [7, 11) is 0. The van der Waals surface area contributed by atoms with Crippen LogP contribution in [0.4, 0.5) is 4.39 Å². The average molecular weight is 276 g/mol. The first-order chi connectivity index (χ1) is 9.71. The Labute approximate surface area is 119 Å². The number of rotatable bonds is 4. The molecule has 1 heterocycles. The molecule has 1 fully saturated rings. The van der Waals surface area contributed by atoms with Crippen LogP contribution in [-0.4, -0.2) is 36.2 Å². The van der Waals surface area contributed by atoms with E-state index < -0.39 is 0 Å². The van der Waals surface area contributed by atoms with Crippen molar-refractivity contribution in [1.29, 1.82) is 0 Å². The van der Waals surface area contributed by atoms with Crippen LogP contribution in [-0.2, 0) is 6.54 Å². The van der Waals surface area contributed by atoms with Gasteiger partial charge in [-0.05, 0) is 49.1 Å². The standard InChI is InChI=1S/C16H21FN2O/c17-16-9-14(2-1-5-18)8-15(10-16)12-19-6-3-13(11-19)4-7-20/h8-10,13,20H,3-7,11-12,18H2. The third-order valence-electron chi connectivity index (χ3n) is 3.61. The van der Waals surface area contributed by atoms with Crippen LogP contribution in [0, 0.1) is 23.6 Å². The van der Waals surface area contributed by atoms with Crippen molar-refractivity contribution in [2.45, 2.75) is 19.4 Å². The van der Waals surface area contributed by atoms with Crippen LogP contribution in [0.15, 0.2) is 18.2 Å². The fraction of sp³-hybridized carbons (Fsp3) is 0.500. The highest BCUT2D eigenvalue weighted by Crippen LogP contribution is 2.21. The second-order valence-electron chi connectivity index (χ2n) is 5.26. The van der Waals surface area contributed by atoms with E-state index in [9.17, 15) is 4.39 Å². The molecule has 108 valence electrons. The molecule has 0 radical (unpaired) electrons. The number of halogens is 1. The summed E-state index contributed by atoms with van der Waals surface area (Å²) in [5.41, 5.74) is 6.95. The Morgan fingerprint density at radius 2 is 2.25 bits per heavy atom. The van der Waals surface area contributed by atoms with E-state index >= 15 is 0 Å². The summed E-state index contributed by atoms with van der Waals surface area (Å²) in [6.07, 6.45) is 1.96. The molecule has 0 aromatic heterocycles. The van der Waals surface area contributed by atoms with E-state index in [-0.39, 0.29) is 19.0 Å². The van der Waals surface area contributed by atoms with E-state index in [1.165, 1.54) is 6.07 Å². The third-order valence-corrected chi connectivity index (χ3v) is 3.61. The van der Waals surface area contributed by atoms with Gasteiger partial charge in [-0.2, -0.15) is 0 Å². The van der Waals surface area contributed by atoms with Crippen LogP contribution in [0.25, 0.3) is 0 Å². The van der Waals surface area contributed by atoms with Gasteiger partial charge in [-0.15, -0.1) is 0 Å². The molecule has 1 aromatic rings. The van der Waals surface area contributed by atoms with E-state index in [0.717, 1.165) is 38.0 Å². The lowest BCUT2D eigenvalue weighted by Gasteiger charge is -2.16. The number of benzene rings is 1. The Hall–Kier alpha value is -1.41. The summed E-state index contributed by atoms with van der Waals surface area (Å²) < 4.78 is 13.6. The lowest BCUT2D eigenvalue weighted by atomic mass is 10.1. The molecule has 0 amide bonds. The van der Waals surface area contributed by atoms with Gasteiger partial charge in [-0.25, -0.2) is 4.39 Å². The zero-order valence-corrected chi connectivity index (χ0v) is 11.6. The minimum atomic E-state index is -0.255. The van der Waals surface area contributed by atoms with Crippen molar-refractivity contribution in [1.82, 2.24) is 4.90 Å². The number of nitrogens with zero attached hydrogens (tertiary/aromatic N) is 1. The van der Waals surface area contributed by atoms with Crippen molar-refractivity contribution in [3.63, 3.8) is 0 Å². The summed E-state index contributed by atoms with van der Waals surface area (Å²) in [5, 5.41) is 8.96. The van der Waals surface area contributed by atoms with E-state index in [2.05, 4.69) is 16.7 Å². The van der Waals surface area contributed by atoms with Gasteiger partial charge in [-0.1, -0.05) is 11.8 Å². The normalized spacial score (nSPS) is 18.9. The predicted molar refractivity (Wildman–Crippen MR) is 77.4 cm³/mol. The molecule has 1 aromatic carbocycles. The number of likely N-dealkylation sites (tertiary alicyclic amines) is 1. The summed E-state index contributed by atoms with van der Waals surface area (Å²) >= 11 is 0. The number of hydrogen-bond acceptors (Lipinski definition) is 3. The van der Waals surface area contributed by atoms with Gasteiger partial charge in [0, 0.05) is 25.3 Å². The van der Waals surface area contributed by atoms with Gasteiger partial charge in [-0.3, -0.25) is 4.90 Å². The molecule has 0 bridgehead atoms. The van der Waals surface area contributed by atoms with Crippen molar-refractivity contribution in [2.75, 3.05) is 26.2 Å². The second-order valence-corrected chi connectivity index (χ2v) is 5.26. The first kappa shape index (κ1) is 15.0. The van der Waals surface area contributed by atoms with Crippen molar-refractivity contribution in [2.24, 2.45) is 11.7 Å². The van der Waals surface area contributed by atoms with E-state index in [1.54, 1.807) is 6.07 Å². The minimum Gasteiger partial charge on any atom is -0.396 e. The third kappa shape index (κ3) is 4.31. The predicted octanol–water partition coefficient (Wildman–Crippen LogP) is 1.34. The first-order valence-electron chi connectivity index (χ1n) is 7.03. The molecule has 1 aliphatic heterocycles. The van der Waals surface area contributed by atoms with E-state index in [1.807, 2.05) is 6.07 Å². The van der Waals surface area contributed by atoms with Crippen molar-refractivity contribution < 1.29 is 9.50 Å². The molecular weight excluding hydrogens is 255 g/mol. The summed E-state index contributed by atoms with van der Waals surface area (Å²) in [6, 6.07) is 4.92. The lowest BCUT2D eigenvalue weighted by Crippen LogP contribution is -2.20. The Kier molecular flexibility index (Phi) is 5.54. The Morgan fingerprint density at radius 1 is 1.40 bits per heavy atom. The summed E-state index contributed by atoms with van der Waals surface area (Å²) in [5.74, 6) is 5.92. The maximum absolute atomic E-state index is 13.6. The van der Waals surface area contributed by atoms with E-state index in [0.29, 0.717) is 11.5 Å². The number of aliphatic hydroxyl groups excluding tert-OH is 1. The van der Waals surface area contributed by atoms with Crippen LogP contribution in [0.3, 0.4) is 0 Å². The van der Waals surface area contributed by atoms with Crippen molar-refractivity contribution in [3.8, 4) is 11.8 Å². The van der Waals surface area contributed by atoms with Crippen LogP contribution in [0.5, 0.6) is 0 Å². The van der Waals surface area contributed by atoms with Crippen LogP contribution < -0.4 is 5.73 Å². The molecule has 1 unspecified atom stereocenters. The first-order valence-corrected chi connectivity index (χ1v) is 7.03. The quantitative estimate of drug-likeness (QED) is 0.816. The monoisotopic (exact) mass is 276 g/mol. The largest absolute Gasteiger partial charge is 0.396 e. The molecule has 3 nitrogen and oxygen atoms in total. The molecule has 0 aliphatic carbocycles. The van der Waals surface area contributed by atoms with Gasteiger partial charge in [0.05, 0.1) is 6.54 Å². The summed E-state index contributed by atoms with van der Waals surface area (Å²) in [4.78, 5) is 2.30. The smallest absolute Gasteiger partial charge is 0.124 e. The molecular formula is C16H21FN2O. The minimum absolute atomic E-state index is 0.247. The van der Waals surface area contributed by atoms with Crippen LogP contribution in [0.1, 0.15) is 24.0 Å². The van der Waals surface area contributed by atoms with Gasteiger partial charge in [0.1, 0.15) is 5.82 Å². The highest BCUT2D eigenvalue weighted by atomic mass is 19.1. The molecule has 1 atom stereocenters. The van der Waals surface area contributed by atoms with E-state index in [4.69, 9.17) is 10.8 Å². The SMILES string of the molecule is NCC#Cc1cc(F)cc(CN2CCC(CCO)C2)c1.